The molecule has 3 N–H and O–H groups in total. The third-order valence-corrected chi connectivity index (χ3v) is 2.49. The Morgan fingerprint density at radius 2 is 2.42 bits per heavy atom. The van der Waals surface area contributed by atoms with Crippen molar-refractivity contribution >= 4 is 11.7 Å². The number of rotatable bonds is 5. The standard InChI is InChI=1S/C11H16N6O2/c1-7-5-10(15-19-7)13-11(18)3-4-17-6-9(8(2)12)14-16-17/h5-6,8H,3-4,12H2,1-2H3,(H,13,15,18). The van der Waals surface area contributed by atoms with Crippen molar-refractivity contribution in [1.82, 2.24) is 20.2 Å². The Bertz CT molecular complexity index is 559. The third-order valence-electron chi connectivity index (χ3n) is 2.49. The second-order valence-corrected chi connectivity index (χ2v) is 4.32. The van der Waals surface area contributed by atoms with Crippen molar-refractivity contribution in [3.8, 4) is 0 Å². The molecule has 0 fully saturated rings. The van der Waals surface area contributed by atoms with E-state index in [4.69, 9.17) is 10.3 Å². The number of nitrogens with zero attached hydrogens (tertiary/aromatic N) is 4. The number of aryl methyl sites for hydroxylation is 2. The molecule has 2 aromatic rings. The van der Waals surface area contributed by atoms with E-state index in [1.165, 1.54) is 0 Å². The average molecular weight is 264 g/mol. The lowest BCUT2D eigenvalue weighted by Crippen LogP contribution is -2.15. The summed E-state index contributed by atoms with van der Waals surface area (Å²) in [6.45, 7) is 4.02. The van der Waals surface area contributed by atoms with Gasteiger partial charge in [0.05, 0.1) is 18.4 Å². The molecule has 0 aliphatic heterocycles. The highest BCUT2D eigenvalue weighted by molar-refractivity contribution is 5.89. The third kappa shape index (κ3) is 3.62. The van der Waals surface area contributed by atoms with E-state index in [1.807, 2.05) is 6.92 Å². The van der Waals surface area contributed by atoms with E-state index in [9.17, 15) is 4.79 Å². The van der Waals surface area contributed by atoms with Gasteiger partial charge in [0.2, 0.25) is 5.91 Å². The average Bonchev–Trinajstić information content (AvgIpc) is 2.96. The van der Waals surface area contributed by atoms with Crippen molar-refractivity contribution in [1.29, 1.82) is 0 Å². The van der Waals surface area contributed by atoms with Crippen molar-refractivity contribution in [3.05, 3.63) is 23.7 Å². The minimum atomic E-state index is -0.166. The van der Waals surface area contributed by atoms with E-state index in [0.29, 0.717) is 23.8 Å². The van der Waals surface area contributed by atoms with Crippen LogP contribution in [0.3, 0.4) is 0 Å². The Hall–Kier alpha value is -2.22. The van der Waals surface area contributed by atoms with E-state index in [-0.39, 0.29) is 18.4 Å². The molecule has 0 saturated carbocycles. The molecule has 1 atom stereocenters. The van der Waals surface area contributed by atoms with Gasteiger partial charge in [0.25, 0.3) is 0 Å². The second kappa shape index (κ2) is 5.61. The molecule has 2 rings (SSSR count). The minimum absolute atomic E-state index is 0.161. The van der Waals surface area contributed by atoms with Gasteiger partial charge in [-0.25, -0.2) is 0 Å². The highest BCUT2D eigenvalue weighted by Gasteiger charge is 2.08. The van der Waals surface area contributed by atoms with Crippen LogP contribution in [0.4, 0.5) is 5.82 Å². The molecule has 102 valence electrons. The van der Waals surface area contributed by atoms with E-state index >= 15 is 0 Å². The monoisotopic (exact) mass is 264 g/mol. The fraction of sp³-hybridized carbons (Fsp3) is 0.455. The summed E-state index contributed by atoms with van der Waals surface area (Å²) >= 11 is 0. The van der Waals surface area contributed by atoms with Crippen LogP contribution in [0.5, 0.6) is 0 Å². The van der Waals surface area contributed by atoms with Crippen molar-refractivity contribution < 1.29 is 9.32 Å². The highest BCUT2D eigenvalue weighted by atomic mass is 16.5. The van der Waals surface area contributed by atoms with Gasteiger partial charge in [-0.05, 0) is 13.8 Å². The number of nitrogens with two attached hydrogens (primary N) is 1. The van der Waals surface area contributed by atoms with Gasteiger partial charge in [0, 0.05) is 18.5 Å². The fourth-order valence-corrected chi connectivity index (χ4v) is 1.48. The van der Waals surface area contributed by atoms with Crippen LogP contribution in [-0.2, 0) is 11.3 Å². The van der Waals surface area contributed by atoms with E-state index < -0.39 is 0 Å². The summed E-state index contributed by atoms with van der Waals surface area (Å²) in [5, 5.41) is 14.1. The molecule has 0 radical (unpaired) electrons. The molecule has 0 bridgehead atoms. The van der Waals surface area contributed by atoms with Crippen molar-refractivity contribution in [3.63, 3.8) is 0 Å². The molecule has 8 nitrogen and oxygen atoms in total. The quantitative estimate of drug-likeness (QED) is 0.818. The van der Waals surface area contributed by atoms with Crippen molar-refractivity contribution in [2.75, 3.05) is 5.32 Å². The molecule has 8 heteroatoms. The molecule has 2 aromatic heterocycles. The lowest BCUT2D eigenvalue weighted by molar-refractivity contribution is -0.116. The first-order valence-electron chi connectivity index (χ1n) is 5.93. The number of aromatic nitrogens is 4. The Kier molecular flexibility index (Phi) is 3.91. The number of carbonyl (C=O) groups excluding carboxylic acids is 1. The van der Waals surface area contributed by atoms with Gasteiger partial charge in [-0.2, -0.15) is 0 Å². The largest absolute Gasteiger partial charge is 0.360 e. The summed E-state index contributed by atoms with van der Waals surface area (Å²) in [4.78, 5) is 11.7. The first-order chi connectivity index (χ1) is 9.04. The topological polar surface area (TPSA) is 112 Å². The predicted octanol–water partition coefficient (Wildman–Crippen LogP) is 0.623. The zero-order valence-corrected chi connectivity index (χ0v) is 10.8. The molecule has 0 aliphatic rings. The normalized spacial score (nSPS) is 12.4. The number of hydrogen-bond acceptors (Lipinski definition) is 6. The van der Waals surface area contributed by atoms with Crippen LogP contribution in [0.15, 0.2) is 16.8 Å². The van der Waals surface area contributed by atoms with Crippen LogP contribution in [-0.4, -0.2) is 26.1 Å². The number of nitrogens with one attached hydrogen (secondary N) is 1. The van der Waals surface area contributed by atoms with Crippen LogP contribution in [0, 0.1) is 6.92 Å². The van der Waals surface area contributed by atoms with Crippen LogP contribution in [0.25, 0.3) is 0 Å². The summed E-state index contributed by atoms with van der Waals surface area (Å²) < 4.78 is 6.44. The van der Waals surface area contributed by atoms with Gasteiger partial charge in [0.15, 0.2) is 5.82 Å². The Morgan fingerprint density at radius 1 is 1.63 bits per heavy atom. The van der Waals surface area contributed by atoms with Gasteiger partial charge in [0.1, 0.15) is 5.76 Å². The number of anilines is 1. The first kappa shape index (κ1) is 13.2. The lowest BCUT2D eigenvalue weighted by Gasteiger charge is -2.01. The van der Waals surface area contributed by atoms with Gasteiger partial charge in [-0.3, -0.25) is 9.48 Å². The van der Waals surface area contributed by atoms with Gasteiger partial charge >= 0.3 is 0 Å². The Morgan fingerprint density at radius 3 is 3.00 bits per heavy atom. The van der Waals surface area contributed by atoms with Crippen LogP contribution < -0.4 is 11.1 Å². The smallest absolute Gasteiger partial charge is 0.227 e. The molecular weight excluding hydrogens is 248 g/mol. The van der Waals surface area contributed by atoms with Gasteiger partial charge in [-0.1, -0.05) is 10.4 Å². The zero-order valence-electron chi connectivity index (χ0n) is 10.8. The first-order valence-corrected chi connectivity index (χ1v) is 5.93. The van der Waals surface area contributed by atoms with E-state index in [2.05, 4.69) is 20.8 Å². The molecular formula is C11H16N6O2. The van der Waals surface area contributed by atoms with E-state index in [1.54, 1.807) is 23.9 Å². The molecule has 1 unspecified atom stereocenters. The maximum Gasteiger partial charge on any atom is 0.227 e. The summed E-state index contributed by atoms with van der Waals surface area (Å²) in [5.41, 5.74) is 6.38. The van der Waals surface area contributed by atoms with Crippen molar-refractivity contribution in [2.24, 2.45) is 5.73 Å². The predicted molar refractivity (Wildman–Crippen MR) is 67.1 cm³/mol. The number of amides is 1. The number of hydrogen-bond donors (Lipinski definition) is 2. The van der Waals surface area contributed by atoms with Gasteiger partial charge in [-0.15, -0.1) is 5.10 Å². The molecule has 0 saturated heterocycles. The molecule has 19 heavy (non-hydrogen) atoms. The second-order valence-electron chi connectivity index (χ2n) is 4.32. The van der Waals surface area contributed by atoms with Gasteiger partial charge < -0.3 is 15.6 Å². The Labute approximate surface area is 109 Å². The molecule has 0 spiro atoms. The summed E-state index contributed by atoms with van der Waals surface area (Å²) in [6.07, 6.45) is 2.01. The maximum atomic E-state index is 11.7. The number of carbonyl (C=O) groups is 1. The fourth-order valence-electron chi connectivity index (χ4n) is 1.48. The molecule has 1 amide bonds. The van der Waals surface area contributed by atoms with Crippen LogP contribution >= 0.6 is 0 Å². The molecule has 2 heterocycles. The molecule has 0 aromatic carbocycles. The summed E-state index contributed by atoms with van der Waals surface area (Å²) in [6, 6.07) is 1.49. The lowest BCUT2D eigenvalue weighted by atomic mass is 10.3. The summed E-state index contributed by atoms with van der Waals surface area (Å²) in [7, 11) is 0. The Balaban J connectivity index is 1.82. The van der Waals surface area contributed by atoms with Crippen LogP contribution in [0.1, 0.15) is 30.8 Å². The zero-order chi connectivity index (χ0) is 13.8. The van der Waals surface area contributed by atoms with Crippen molar-refractivity contribution in [2.45, 2.75) is 32.9 Å². The SMILES string of the molecule is Cc1cc(NC(=O)CCn2cc(C(C)N)nn2)no1. The van der Waals surface area contributed by atoms with E-state index in [0.717, 1.165) is 0 Å². The summed E-state index contributed by atoms with van der Waals surface area (Å²) in [5.74, 6) is 0.900. The van der Waals surface area contributed by atoms with Crippen LogP contribution in [0.2, 0.25) is 0 Å². The molecule has 0 aliphatic carbocycles. The highest BCUT2D eigenvalue weighted by Crippen LogP contribution is 2.08. The minimum Gasteiger partial charge on any atom is -0.360 e. The maximum absolute atomic E-state index is 11.7.